The number of thioether (sulfide) groups is 1. The molecule has 6 heteroatoms. The second kappa shape index (κ2) is 6.12. The van der Waals surface area contributed by atoms with Gasteiger partial charge in [-0.1, -0.05) is 53.8 Å². The van der Waals surface area contributed by atoms with Gasteiger partial charge in [-0.05, 0) is 36.4 Å². The van der Waals surface area contributed by atoms with E-state index < -0.39 is 0 Å². The normalized spacial score (nSPS) is 16.6. The van der Waals surface area contributed by atoms with Gasteiger partial charge in [0.15, 0.2) is 4.32 Å². The van der Waals surface area contributed by atoms with Crippen LogP contribution in [0.15, 0.2) is 53.4 Å². The fourth-order valence-electron chi connectivity index (χ4n) is 2.05. The number of carbonyl (C=O) groups is 1. The lowest BCUT2D eigenvalue weighted by Gasteiger charge is -2.13. The Morgan fingerprint density at radius 3 is 2.64 bits per heavy atom. The van der Waals surface area contributed by atoms with E-state index in [1.54, 1.807) is 18.2 Å². The lowest BCUT2D eigenvalue weighted by atomic mass is 10.2. The monoisotopic (exact) mass is 347 g/mol. The van der Waals surface area contributed by atoms with E-state index in [1.807, 2.05) is 30.3 Å². The highest BCUT2D eigenvalue weighted by Gasteiger charge is 2.33. The van der Waals surface area contributed by atoms with Crippen molar-refractivity contribution in [3.05, 3.63) is 64.0 Å². The van der Waals surface area contributed by atoms with Crippen LogP contribution in [0.2, 0.25) is 5.02 Å². The van der Waals surface area contributed by atoms with E-state index in [9.17, 15) is 9.90 Å². The maximum atomic E-state index is 12.6. The van der Waals surface area contributed by atoms with Crippen molar-refractivity contribution in [3.8, 4) is 5.75 Å². The molecule has 0 aliphatic carbocycles. The van der Waals surface area contributed by atoms with Gasteiger partial charge in [-0.25, -0.2) is 0 Å². The van der Waals surface area contributed by atoms with Crippen LogP contribution in [-0.4, -0.2) is 15.3 Å². The standard InChI is InChI=1S/C16H10ClNO2S2/c17-11-6-7-13(19)10(8-11)9-14-15(20)18(16(21)22-14)12-4-2-1-3-5-12/h1-9,19H/b14-9-. The fraction of sp³-hybridized carbons (Fsp3) is 0. The van der Waals surface area contributed by atoms with Gasteiger partial charge < -0.3 is 5.11 Å². The van der Waals surface area contributed by atoms with Gasteiger partial charge in [0.25, 0.3) is 5.91 Å². The number of rotatable bonds is 2. The zero-order chi connectivity index (χ0) is 15.7. The summed E-state index contributed by atoms with van der Waals surface area (Å²) in [4.78, 5) is 14.5. The van der Waals surface area contributed by atoms with E-state index in [2.05, 4.69) is 0 Å². The first kappa shape index (κ1) is 15.1. The van der Waals surface area contributed by atoms with Crippen LogP contribution in [0.5, 0.6) is 5.75 Å². The first-order valence-corrected chi connectivity index (χ1v) is 7.98. The number of hydrogen-bond acceptors (Lipinski definition) is 4. The van der Waals surface area contributed by atoms with Crippen LogP contribution in [0.1, 0.15) is 5.56 Å². The number of carbonyl (C=O) groups excluding carboxylic acids is 1. The van der Waals surface area contributed by atoms with Crippen molar-refractivity contribution in [2.45, 2.75) is 0 Å². The van der Waals surface area contributed by atoms with E-state index >= 15 is 0 Å². The Morgan fingerprint density at radius 1 is 1.18 bits per heavy atom. The molecule has 0 radical (unpaired) electrons. The molecule has 1 N–H and O–H groups in total. The van der Waals surface area contributed by atoms with Gasteiger partial charge in [0.05, 0.1) is 10.6 Å². The number of aromatic hydroxyl groups is 1. The van der Waals surface area contributed by atoms with Crippen LogP contribution in [-0.2, 0) is 4.79 Å². The summed E-state index contributed by atoms with van der Waals surface area (Å²) >= 11 is 12.4. The number of para-hydroxylation sites is 1. The Bertz CT molecular complexity index is 790. The zero-order valence-electron chi connectivity index (χ0n) is 11.2. The second-order valence-electron chi connectivity index (χ2n) is 4.56. The third-order valence-electron chi connectivity index (χ3n) is 3.08. The number of anilines is 1. The van der Waals surface area contributed by atoms with Gasteiger partial charge in [-0.3, -0.25) is 9.69 Å². The molecule has 3 nitrogen and oxygen atoms in total. The summed E-state index contributed by atoms with van der Waals surface area (Å²) in [6.45, 7) is 0. The molecule has 1 amide bonds. The largest absolute Gasteiger partial charge is 0.507 e. The average molecular weight is 348 g/mol. The quantitative estimate of drug-likeness (QED) is 0.643. The predicted octanol–water partition coefficient (Wildman–Crippen LogP) is 4.45. The molecule has 1 aliphatic rings. The predicted molar refractivity (Wildman–Crippen MR) is 95.2 cm³/mol. The average Bonchev–Trinajstić information content (AvgIpc) is 2.78. The van der Waals surface area contributed by atoms with Crippen LogP contribution in [0.3, 0.4) is 0 Å². The Morgan fingerprint density at radius 2 is 1.91 bits per heavy atom. The van der Waals surface area contributed by atoms with Gasteiger partial charge >= 0.3 is 0 Å². The molecule has 22 heavy (non-hydrogen) atoms. The molecule has 0 unspecified atom stereocenters. The first-order valence-electron chi connectivity index (χ1n) is 6.38. The number of nitrogens with zero attached hydrogens (tertiary/aromatic N) is 1. The van der Waals surface area contributed by atoms with E-state index in [4.69, 9.17) is 23.8 Å². The van der Waals surface area contributed by atoms with Crippen LogP contribution in [0, 0.1) is 0 Å². The summed E-state index contributed by atoms with van der Waals surface area (Å²) in [5.74, 6) is -0.144. The van der Waals surface area contributed by atoms with Gasteiger partial charge in [-0.2, -0.15) is 0 Å². The first-order chi connectivity index (χ1) is 10.6. The van der Waals surface area contributed by atoms with Crippen molar-refractivity contribution in [2.24, 2.45) is 0 Å². The summed E-state index contributed by atoms with van der Waals surface area (Å²) in [7, 11) is 0. The summed E-state index contributed by atoms with van der Waals surface area (Å²) < 4.78 is 0.462. The third-order valence-corrected chi connectivity index (χ3v) is 4.62. The minimum atomic E-state index is -0.208. The molecule has 0 atom stereocenters. The molecule has 110 valence electrons. The molecule has 0 spiro atoms. The van der Waals surface area contributed by atoms with Crippen LogP contribution in [0.4, 0.5) is 5.69 Å². The highest BCUT2D eigenvalue weighted by molar-refractivity contribution is 8.27. The van der Waals surface area contributed by atoms with Crippen molar-refractivity contribution in [1.29, 1.82) is 0 Å². The summed E-state index contributed by atoms with van der Waals surface area (Å²) in [5, 5.41) is 10.3. The molecule has 2 aromatic rings. The van der Waals surface area contributed by atoms with Gasteiger partial charge in [-0.15, -0.1) is 0 Å². The Hall–Kier alpha value is -1.82. The van der Waals surface area contributed by atoms with E-state index in [0.29, 0.717) is 19.8 Å². The Balaban J connectivity index is 1.97. The lowest BCUT2D eigenvalue weighted by Crippen LogP contribution is -2.27. The Kier molecular flexibility index (Phi) is 4.20. The third kappa shape index (κ3) is 2.88. The van der Waals surface area contributed by atoms with E-state index in [-0.39, 0.29) is 11.7 Å². The fourth-order valence-corrected chi connectivity index (χ4v) is 3.52. The highest BCUT2D eigenvalue weighted by Crippen LogP contribution is 2.37. The van der Waals surface area contributed by atoms with Gasteiger partial charge in [0.1, 0.15) is 5.75 Å². The maximum absolute atomic E-state index is 12.6. The molecule has 1 aliphatic heterocycles. The number of benzene rings is 2. The zero-order valence-corrected chi connectivity index (χ0v) is 13.6. The highest BCUT2D eigenvalue weighted by atomic mass is 35.5. The van der Waals surface area contributed by atoms with Crippen molar-refractivity contribution in [2.75, 3.05) is 4.90 Å². The summed E-state index contributed by atoms with van der Waals surface area (Å²) in [6.07, 6.45) is 1.60. The SMILES string of the molecule is O=C1/C(=C/c2cc(Cl)ccc2O)SC(=S)N1c1ccccc1. The minimum absolute atomic E-state index is 0.0642. The second-order valence-corrected chi connectivity index (χ2v) is 6.67. The van der Waals surface area contributed by atoms with E-state index in [1.165, 1.54) is 22.7 Å². The molecule has 1 heterocycles. The number of halogens is 1. The van der Waals surface area contributed by atoms with Crippen LogP contribution < -0.4 is 4.90 Å². The maximum Gasteiger partial charge on any atom is 0.270 e. The molecular weight excluding hydrogens is 338 g/mol. The van der Waals surface area contributed by atoms with Crippen molar-refractivity contribution in [1.82, 2.24) is 0 Å². The van der Waals surface area contributed by atoms with Gasteiger partial charge in [0, 0.05) is 10.6 Å². The molecule has 2 aromatic carbocycles. The van der Waals surface area contributed by atoms with Crippen molar-refractivity contribution < 1.29 is 9.90 Å². The molecule has 1 fully saturated rings. The molecule has 0 aromatic heterocycles. The van der Waals surface area contributed by atoms with Gasteiger partial charge in [0.2, 0.25) is 0 Å². The molecular formula is C16H10ClNO2S2. The topological polar surface area (TPSA) is 40.5 Å². The molecule has 0 saturated carbocycles. The molecule has 1 saturated heterocycles. The number of phenols is 1. The Labute approximate surface area is 142 Å². The number of hydrogen-bond donors (Lipinski definition) is 1. The minimum Gasteiger partial charge on any atom is -0.507 e. The summed E-state index contributed by atoms with van der Waals surface area (Å²) in [6, 6.07) is 13.9. The number of amides is 1. The van der Waals surface area contributed by atoms with Crippen LogP contribution in [0.25, 0.3) is 6.08 Å². The van der Waals surface area contributed by atoms with Crippen molar-refractivity contribution >= 4 is 57.6 Å². The number of phenolic OH excluding ortho intramolecular Hbond substituents is 1. The van der Waals surface area contributed by atoms with Crippen LogP contribution >= 0.6 is 35.6 Å². The lowest BCUT2D eigenvalue weighted by molar-refractivity contribution is -0.113. The number of thiocarbonyl (C=S) groups is 1. The molecule has 0 bridgehead atoms. The molecule has 3 rings (SSSR count). The van der Waals surface area contributed by atoms with Crippen molar-refractivity contribution in [3.63, 3.8) is 0 Å². The van der Waals surface area contributed by atoms with E-state index in [0.717, 1.165) is 5.69 Å². The summed E-state index contributed by atoms with van der Waals surface area (Å²) in [5.41, 5.74) is 1.21. The smallest absolute Gasteiger partial charge is 0.270 e.